The summed E-state index contributed by atoms with van der Waals surface area (Å²) in [6.07, 6.45) is 8.36. The van der Waals surface area contributed by atoms with Crippen LogP contribution in [0.5, 0.6) is 0 Å². The number of carbonyl (C=O) groups is 3. The lowest BCUT2D eigenvalue weighted by atomic mass is 9.65. The van der Waals surface area contributed by atoms with Crippen LogP contribution >= 0.6 is 11.8 Å². The van der Waals surface area contributed by atoms with Crippen LogP contribution in [0.3, 0.4) is 0 Å². The van der Waals surface area contributed by atoms with E-state index < -0.39 is 28.2 Å². The Bertz CT molecular complexity index is 1260. The van der Waals surface area contributed by atoms with E-state index in [2.05, 4.69) is 54.7 Å². The van der Waals surface area contributed by atoms with Crippen molar-refractivity contribution in [2.75, 3.05) is 26.2 Å². The molecule has 1 spiro atoms. The highest BCUT2D eigenvalue weighted by atomic mass is 32.2. The molecule has 3 fully saturated rings. The zero-order valence-electron chi connectivity index (χ0n) is 29.0. The molecule has 6 atom stereocenters. The molecule has 3 aliphatic heterocycles. The van der Waals surface area contributed by atoms with Crippen molar-refractivity contribution in [2.45, 2.75) is 108 Å². The van der Waals surface area contributed by atoms with Crippen LogP contribution in [0.2, 0.25) is 0 Å². The maximum Gasteiger partial charge on any atom is 0.247 e. The van der Waals surface area contributed by atoms with Gasteiger partial charge in [0.05, 0.1) is 16.6 Å². The number of thioether (sulfide) groups is 1. The Hall–Kier alpha value is -2.58. The standard InChI is InChI=1S/C38H57N3O4S/c1-9-20-39(25-28-18-14-13-15-19-28)33(43)30-29-24-27(3)38(46-29)31(30)34(44)40(22-16-11-12-17-23-42)32(38)35(45)41(21-10-2)37(7,8)26-36(4,5)6/h9-10,13-15,18-19,27,29-32,42H,1-2,11-12,16-17,20-26H2,3-8H3/t27?,29-,30+,31-,32?,38?/m0/s1. The summed E-state index contributed by atoms with van der Waals surface area (Å²) in [5, 5.41) is 9.28. The number of fused-ring (bicyclic) bond motifs is 1. The summed E-state index contributed by atoms with van der Waals surface area (Å²) in [4.78, 5) is 50.1. The lowest BCUT2D eigenvalue weighted by molar-refractivity contribution is -0.147. The number of benzene rings is 1. The molecule has 4 rings (SSSR count). The summed E-state index contributed by atoms with van der Waals surface area (Å²) < 4.78 is -0.673. The molecule has 3 heterocycles. The van der Waals surface area contributed by atoms with Gasteiger partial charge in [-0.2, -0.15) is 0 Å². The Morgan fingerprint density at radius 1 is 1.02 bits per heavy atom. The summed E-state index contributed by atoms with van der Waals surface area (Å²) in [5.41, 5.74) is 0.554. The molecule has 1 aromatic rings. The van der Waals surface area contributed by atoms with E-state index in [4.69, 9.17) is 0 Å². The fourth-order valence-corrected chi connectivity index (χ4v) is 11.2. The molecule has 0 aromatic heterocycles. The number of nitrogens with zero attached hydrogens (tertiary/aromatic N) is 3. The van der Waals surface area contributed by atoms with Crippen molar-refractivity contribution in [1.29, 1.82) is 0 Å². The highest BCUT2D eigenvalue weighted by molar-refractivity contribution is 8.02. The number of aliphatic hydroxyl groups excluding tert-OH is 1. The Balaban J connectivity index is 1.75. The Labute approximate surface area is 281 Å². The Morgan fingerprint density at radius 2 is 1.67 bits per heavy atom. The maximum atomic E-state index is 15.1. The number of likely N-dealkylation sites (tertiary alicyclic amines) is 1. The van der Waals surface area contributed by atoms with Crippen LogP contribution in [0.4, 0.5) is 0 Å². The first-order valence-electron chi connectivity index (χ1n) is 17.2. The minimum atomic E-state index is -0.673. The van der Waals surface area contributed by atoms with Gasteiger partial charge in [0, 0.05) is 43.6 Å². The van der Waals surface area contributed by atoms with E-state index in [0.717, 1.165) is 44.1 Å². The summed E-state index contributed by atoms with van der Waals surface area (Å²) in [7, 11) is 0. The topological polar surface area (TPSA) is 81.2 Å². The van der Waals surface area contributed by atoms with E-state index in [9.17, 15) is 14.7 Å². The van der Waals surface area contributed by atoms with Crippen LogP contribution in [0.15, 0.2) is 55.6 Å². The highest BCUT2D eigenvalue weighted by Gasteiger charge is 2.76. The van der Waals surface area contributed by atoms with Crippen LogP contribution in [0.25, 0.3) is 0 Å². The van der Waals surface area contributed by atoms with Gasteiger partial charge in [0.15, 0.2) is 0 Å². The first-order chi connectivity index (χ1) is 21.7. The molecule has 7 nitrogen and oxygen atoms in total. The molecular formula is C38H57N3O4S. The van der Waals surface area contributed by atoms with Gasteiger partial charge in [0.25, 0.3) is 0 Å². The van der Waals surface area contributed by atoms with E-state index in [-0.39, 0.29) is 40.9 Å². The monoisotopic (exact) mass is 651 g/mol. The van der Waals surface area contributed by atoms with Gasteiger partial charge in [-0.05, 0) is 56.4 Å². The van der Waals surface area contributed by atoms with Crippen molar-refractivity contribution >= 4 is 29.5 Å². The van der Waals surface area contributed by atoms with Crippen molar-refractivity contribution in [3.63, 3.8) is 0 Å². The number of rotatable bonds is 16. The number of amides is 3. The highest BCUT2D eigenvalue weighted by Crippen LogP contribution is 2.69. The summed E-state index contributed by atoms with van der Waals surface area (Å²) in [6.45, 7) is 22.8. The van der Waals surface area contributed by atoms with Crippen molar-refractivity contribution in [3.8, 4) is 0 Å². The number of carbonyl (C=O) groups excluding carboxylic acids is 3. The average Bonchev–Trinajstić information content (AvgIpc) is 3.57. The van der Waals surface area contributed by atoms with Gasteiger partial charge in [-0.3, -0.25) is 14.4 Å². The molecule has 0 saturated carbocycles. The number of hydrogen-bond acceptors (Lipinski definition) is 5. The van der Waals surface area contributed by atoms with E-state index in [1.165, 1.54) is 0 Å². The van der Waals surface area contributed by atoms with Gasteiger partial charge >= 0.3 is 0 Å². The van der Waals surface area contributed by atoms with E-state index in [0.29, 0.717) is 26.2 Å². The van der Waals surface area contributed by atoms with Crippen LogP contribution in [-0.4, -0.2) is 85.3 Å². The molecule has 0 aliphatic carbocycles. The first kappa shape index (κ1) is 36.3. The molecule has 0 radical (unpaired) electrons. The van der Waals surface area contributed by atoms with Crippen LogP contribution in [-0.2, 0) is 20.9 Å². The summed E-state index contributed by atoms with van der Waals surface area (Å²) in [5.74, 6) is -1.02. The number of unbranched alkanes of at least 4 members (excludes halogenated alkanes) is 3. The predicted octanol–water partition coefficient (Wildman–Crippen LogP) is 6.32. The fraction of sp³-hybridized carbons (Fsp3) is 0.658. The Kier molecular flexibility index (Phi) is 11.6. The predicted molar refractivity (Wildman–Crippen MR) is 188 cm³/mol. The molecule has 1 N–H and O–H groups in total. The molecule has 3 unspecified atom stereocenters. The molecule has 3 aliphatic rings. The third-order valence-corrected chi connectivity index (χ3v) is 12.3. The quantitative estimate of drug-likeness (QED) is 0.167. The molecule has 3 saturated heterocycles. The fourth-order valence-electron chi connectivity index (χ4n) is 8.78. The van der Waals surface area contributed by atoms with Crippen LogP contribution in [0.1, 0.15) is 85.6 Å². The normalized spacial score (nSPS) is 27.1. The molecule has 46 heavy (non-hydrogen) atoms. The number of aliphatic hydroxyl groups is 1. The molecule has 8 heteroatoms. The smallest absolute Gasteiger partial charge is 0.247 e. The number of hydrogen-bond donors (Lipinski definition) is 1. The van der Waals surface area contributed by atoms with Crippen LogP contribution in [0, 0.1) is 23.2 Å². The van der Waals surface area contributed by atoms with Gasteiger partial charge in [-0.1, -0.05) is 83.0 Å². The van der Waals surface area contributed by atoms with E-state index >= 15 is 4.79 Å². The Morgan fingerprint density at radius 3 is 2.28 bits per heavy atom. The van der Waals surface area contributed by atoms with Gasteiger partial charge < -0.3 is 19.8 Å². The largest absolute Gasteiger partial charge is 0.396 e. The lowest BCUT2D eigenvalue weighted by Crippen LogP contribution is -2.61. The van der Waals surface area contributed by atoms with E-state index in [1.807, 2.05) is 45.0 Å². The van der Waals surface area contributed by atoms with Crippen LogP contribution < -0.4 is 0 Å². The van der Waals surface area contributed by atoms with Gasteiger partial charge in [-0.25, -0.2) is 0 Å². The summed E-state index contributed by atoms with van der Waals surface area (Å²) >= 11 is 1.74. The maximum absolute atomic E-state index is 15.1. The molecule has 3 amide bonds. The van der Waals surface area contributed by atoms with Crippen molar-refractivity contribution in [3.05, 3.63) is 61.2 Å². The zero-order chi connectivity index (χ0) is 33.9. The third-order valence-electron chi connectivity index (χ3n) is 10.2. The average molecular weight is 652 g/mol. The molecule has 1 aromatic carbocycles. The molecular weight excluding hydrogens is 595 g/mol. The molecule has 254 valence electrons. The van der Waals surface area contributed by atoms with Gasteiger partial charge in [-0.15, -0.1) is 24.9 Å². The summed E-state index contributed by atoms with van der Waals surface area (Å²) in [6, 6.07) is 9.30. The SMILES string of the molecule is C=CCN(Cc1ccccc1)C(=O)[C@@H]1[C@@H]2CC(C)C3(S2)C(C(=O)N(CC=C)C(C)(C)CC(C)(C)C)N(CCCCCCO)C(=O)[C@H]13. The molecule has 2 bridgehead atoms. The zero-order valence-corrected chi connectivity index (χ0v) is 29.9. The van der Waals surface area contributed by atoms with Crippen molar-refractivity contribution < 1.29 is 19.5 Å². The third kappa shape index (κ3) is 7.13. The second kappa shape index (κ2) is 14.7. The van der Waals surface area contributed by atoms with Crippen molar-refractivity contribution in [2.24, 2.45) is 23.2 Å². The second-order valence-corrected chi connectivity index (χ2v) is 17.1. The lowest BCUT2D eigenvalue weighted by Gasteiger charge is -2.47. The first-order valence-corrected chi connectivity index (χ1v) is 18.1. The van der Waals surface area contributed by atoms with E-state index in [1.54, 1.807) is 23.9 Å². The van der Waals surface area contributed by atoms with Crippen molar-refractivity contribution in [1.82, 2.24) is 14.7 Å². The second-order valence-electron chi connectivity index (χ2n) is 15.5. The minimum absolute atomic E-state index is 0.0133. The minimum Gasteiger partial charge on any atom is -0.396 e. The van der Waals surface area contributed by atoms with Gasteiger partial charge in [0.1, 0.15) is 6.04 Å². The van der Waals surface area contributed by atoms with Gasteiger partial charge in [0.2, 0.25) is 17.7 Å².